The van der Waals surface area contributed by atoms with Crippen LogP contribution in [0.25, 0.3) is 10.9 Å². The van der Waals surface area contributed by atoms with Gasteiger partial charge in [0.1, 0.15) is 28.5 Å². The number of nitrogens with one attached hydrogen (secondary N) is 1. The molecule has 0 bridgehead atoms. The second-order valence-corrected chi connectivity index (χ2v) is 9.92. The van der Waals surface area contributed by atoms with Gasteiger partial charge < -0.3 is 18.9 Å². The van der Waals surface area contributed by atoms with Crippen molar-refractivity contribution in [2.45, 2.75) is 4.90 Å². The number of methoxy groups -OCH3 is 2. The van der Waals surface area contributed by atoms with E-state index in [1.165, 1.54) is 56.8 Å². The standard InChI is InChI=1S/C29H23FN2O6S/c1-35-27-15-13-23-26(16-17-31-28(23)29(27)36-2)38-21-10-14-25(24(30)18-21)32-39(33,34)22-11-8-20(9-12-22)37-19-6-4-3-5-7-19/h3-18,32H,1-2H3. The van der Waals surface area contributed by atoms with E-state index < -0.39 is 15.8 Å². The number of hydrogen-bond donors (Lipinski definition) is 1. The van der Waals surface area contributed by atoms with Crippen LogP contribution < -0.4 is 23.7 Å². The van der Waals surface area contributed by atoms with Crippen molar-refractivity contribution in [1.82, 2.24) is 4.98 Å². The molecule has 0 aliphatic carbocycles. The van der Waals surface area contributed by atoms with Gasteiger partial charge in [-0.25, -0.2) is 12.8 Å². The van der Waals surface area contributed by atoms with Crippen molar-refractivity contribution < 1.29 is 31.8 Å². The lowest BCUT2D eigenvalue weighted by atomic mass is 10.1. The summed E-state index contributed by atoms with van der Waals surface area (Å²) in [6, 6.07) is 23.9. The first-order valence-corrected chi connectivity index (χ1v) is 13.2. The highest BCUT2D eigenvalue weighted by Crippen LogP contribution is 2.39. The predicted octanol–water partition coefficient (Wildman–Crippen LogP) is 6.78. The number of hydrogen-bond acceptors (Lipinski definition) is 7. The predicted molar refractivity (Wildman–Crippen MR) is 145 cm³/mol. The van der Waals surface area contributed by atoms with E-state index in [1.54, 1.807) is 30.3 Å². The van der Waals surface area contributed by atoms with Crippen LogP contribution in [0.3, 0.4) is 0 Å². The molecule has 0 amide bonds. The Hall–Kier alpha value is -4.83. The first kappa shape index (κ1) is 25.8. The second-order valence-electron chi connectivity index (χ2n) is 8.24. The Kier molecular flexibility index (Phi) is 7.20. The van der Waals surface area contributed by atoms with Gasteiger partial charge in [0.25, 0.3) is 10.0 Å². The normalized spacial score (nSPS) is 11.2. The Labute approximate surface area is 224 Å². The molecule has 5 aromatic rings. The van der Waals surface area contributed by atoms with Crippen LogP contribution in [0.4, 0.5) is 10.1 Å². The van der Waals surface area contributed by atoms with Crippen LogP contribution in [0, 0.1) is 5.82 Å². The van der Waals surface area contributed by atoms with Gasteiger partial charge in [-0.05, 0) is 66.7 Å². The van der Waals surface area contributed by atoms with E-state index in [1.807, 2.05) is 18.2 Å². The first-order valence-electron chi connectivity index (χ1n) is 11.7. The molecule has 0 aliphatic rings. The Morgan fingerprint density at radius 2 is 1.46 bits per heavy atom. The van der Waals surface area contributed by atoms with Crippen LogP contribution in [-0.2, 0) is 10.0 Å². The molecule has 0 saturated heterocycles. The fourth-order valence-corrected chi connectivity index (χ4v) is 4.95. The topological polar surface area (TPSA) is 96.0 Å². The van der Waals surface area contributed by atoms with Crippen molar-refractivity contribution in [3.63, 3.8) is 0 Å². The SMILES string of the molecule is COc1ccc2c(Oc3ccc(NS(=O)(=O)c4ccc(Oc5ccccc5)cc4)c(F)c3)ccnc2c1OC. The van der Waals surface area contributed by atoms with Crippen molar-refractivity contribution >= 4 is 26.6 Å². The highest BCUT2D eigenvalue weighted by molar-refractivity contribution is 7.92. The Morgan fingerprint density at radius 3 is 2.15 bits per heavy atom. The summed E-state index contributed by atoms with van der Waals surface area (Å²) >= 11 is 0. The van der Waals surface area contributed by atoms with Crippen molar-refractivity contribution in [2.24, 2.45) is 0 Å². The second kappa shape index (κ2) is 10.9. The van der Waals surface area contributed by atoms with Crippen LogP contribution in [0.2, 0.25) is 0 Å². The van der Waals surface area contributed by atoms with Crippen LogP contribution in [0.15, 0.2) is 102 Å². The van der Waals surface area contributed by atoms with Crippen molar-refractivity contribution in [1.29, 1.82) is 0 Å². The Balaban J connectivity index is 1.33. The van der Waals surface area contributed by atoms with E-state index in [2.05, 4.69) is 9.71 Å². The van der Waals surface area contributed by atoms with Gasteiger partial charge in [0.2, 0.25) is 0 Å². The first-order chi connectivity index (χ1) is 18.9. The van der Waals surface area contributed by atoms with E-state index in [0.717, 1.165) is 6.07 Å². The van der Waals surface area contributed by atoms with E-state index in [0.29, 0.717) is 39.7 Å². The summed E-state index contributed by atoms with van der Waals surface area (Å²) in [5.41, 5.74) is 0.289. The minimum atomic E-state index is -4.06. The van der Waals surface area contributed by atoms with Crippen LogP contribution >= 0.6 is 0 Å². The molecule has 10 heteroatoms. The molecule has 0 saturated carbocycles. The van der Waals surface area contributed by atoms with Crippen molar-refractivity contribution in [3.05, 3.63) is 103 Å². The highest BCUT2D eigenvalue weighted by atomic mass is 32.2. The number of benzene rings is 4. The summed E-state index contributed by atoms with van der Waals surface area (Å²) in [7, 11) is -1.03. The van der Waals surface area contributed by atoms with E-state index >= 15 is 0 Å². The minimum Gasteiger partial charge on any atom is -0.493 e. The molecule has 39 heavy (non-hydrogen) atoms. The van der Waals surface area contributed by atoms with Gasteiger partial charge in [0.05, 0.1) is 24.8 Å². The molecule has 4 aromatic carbocycles. The van der Waals surface area contributed by atoms with Crippen molar-refractivity contribution in [2.75, 3.05) is 18.9 Å². The molecule has 0 fully saturated rings. The average Bonchev–Trinajstić information content (AvgIpc) is 2.95. The number of anilines is 1. The van der Waals surface area contributed by atoms with Gasteiger partial charge in [0, 0.05) is 17.6 Å². The quantitative estimate of drug-likeness (QED) is 0.218. The third-order valence-electron chi connectivity index (χ3n) is 5.74. The molecule has 0 aliphatic heterocycles. The number of sulfonamides is 1. The van der Waals surface area contributed by atoms with Gasteiger partial charge in [-0.3, -0.25) is 9.71 Å². The number of para-hydroxylation sites is 1. The zero-order valence-corrected chi connectivity index (χ0v) is 21.7. The van der Waals surface area contributed by atoms with Gasteiger partial charge in [0.15, 0.2) is 17.3 Å². The lowest BCUT2D eigenvalue weighted by molar-refractivity contribution is 0.358. The maximum Gasteiger partial charge on any atom is 0.261 e. The Bertz CT molecular complexity index is 1730. The van der Waals surface area contributed by atoms with Gasteiger partial charge in [-0.2, -0.15) is 0 Å². The van der Waals surface area contributed by atoms with E-state index in [9.17, 15) is 12.8 Å². The number of pyridine rings is 1. The van der Waals surface area contributed by atoms with E-state index in [-0.39, 0.29) is 16.3 Å². The molecular weight excluding hydrogens is 523 g/mol. The van der Waals surface area contributed by atoms with Crippen LogP contribution in [0.5, 0.6) is 34.5 Å². The maximum absolute atomic E-state index is 15.0. The molecular formula is C29H23FN2O6S. The van der Waals surface area contributed by atoms with Gasteiger partial charge in [-0.15, -0.1) is 0 Å². The molecule has 1 heterocycles. The molecule has 5 rings (SSSR count). The summed E-state index contributed by atoms with van der Waals surface area (Å²) in [5, 5.41) is 0.625. The third-order valence-corrected chi connectivity index (χ3v) is 7.12. The summed E-state index contributed by atoms with van der Waals surface area (Å²) < 4.78 is 65.3. The van der Waals surface area contributed by atoms with E-state index in [4.69, 9.17) is 18.9 Å². The largest absolute Gasteiger partial charge is 0.493 e. The number of aromatic nitrogens is 1. The van der Waals surface area contributed by atoms with Crippen molar-refractivity contribution in [3.8, 4) is 34.5 Å². The highest BCUT2D eigenvalue weighted by Gasteiger charge is 2.18. The smallest absolute Gasteiger partial charge is 0.261 e. The summed E-state index contributed by atoms with van der Waals surface area (Å²) in [5.74, 6) is 1.80. The molecule has 0 spiro atoms. The average molecular weight is 547 g/mol. The molecule has 8 nitrogen and oxygen atoms in total. The van der Waals surface area contributed by atoms with Gasteiger partial charge in [-0.1, -0.05) is 18.2 Å². The summed E-state index contributed by atoms with van der Waals surface area (Å²) in [6.45, 7) is 0. The molecule has 198 valence electrons. The number of nitrogens with zero attached hydrogens (tertiary/aromatic N) is 1. The zero-order chi connectivity index (χ0) is 27.4. The van der Waals surface area contributed by atoms with Gasteiger partial charge >= 0.3 is 0 Å². The fraction of sp³-hybridized carbons (Fsp3) is 0.0690. The fourth-order valence-electron chi connectivity index (χ4n) is 3.88. The number of halogens is 1. The summed E-state index contributed by atoms with van der Waals surface area (Å²) in [4.78, 5) is 4.30. The molecule has 0 radical (unpaired) electrons. The number of ether oxygens (including phenoxy) is 4. The zero-order valence-electron chi connectivity index (χ0n) is 20.9. The van der Waals surface area contributed by atoms with Crippen LogP contribution in [0.1, 0.15) is 0 Å². The maximum atomic E-state index is 15.0. The van der Waals surface area contributed by atoms with Crippen LogP contribution in [-0.4, -0.2) is 27.6 Å². The monoisotopic (exact) mass is 546 g/mol. The lowest BCUT2D eigenvalue weighted by Gasteiger charge is -2.14. The summed E-state index contributed by atoms with van der Waals surface area (Å²) in [6.07, 6.45) is 1.54. The lowest BCUT2D eigenvalue weighted by Crippen LogP contribution is -2.13. The minimum absolute atomic E-state index is 0.0460. The molecule has 0 atom stereocenters. The number of fused-ring (bicyclic) bond motifs is 1. The molecule has 0 unspecified atom stereocenters. The molecule has 1 N–H and O–H groups in total. The third kappa shape index (κ3) is 5.55. The Morgan fingerprint density at radius 1 is 0.744 bits per heavy atom. The molecule has 1 aromatic heterocycles. The number of rotatable bonds is 9.